The zero-order valence-corrected chi connectivity index (χ0v) is 23.2. The van der Waals surface area contributed by atoms with Crippen LogP contribution in [0.1, 0.15) is 49.4 Å². The minimum atomic E-state index is -3.88. The Hall–Kier alpha value is -3.61. The van der Waals surface area contributed by atoms with Crippen molar-refractivity contribution in [1.82, 2.24) is 14.8 Å². The van der Waals surface area contributed by atoms with Gasteiger partial charge < -0.3 is 15.3 Å². The number of nitrogens with zero attached hydrogens (tertiary/aromatic N) is 4. The highest BCUT2D eigenvalue weighted by molar-refractivity contribution is 7.92. The molecule has 3 rings (SSSR count). The molecule has 0 unspecified atom stereocenters. The second kappa shape index (κ2) is 12.1. The number of aryl methyl sites for hydroxylation is 1. The predicted octanol–water partition coefficient (Wildman–Crippen LogP) is 3.75. The van der Waals surface area contributed by atoms with Gasteiger partial charge in [0.05, 0.1) is 36.8 Å². The third-order valence-corrected chi connectivity index (χ3v) is 7.12. The Kier molecular flexibility index (Phi) is 9.26. The van der Waals surface area contributed by atoms with Crippen molar-refractivity contribution in [3.8, 4) is 11.1 Å². The van der Waals surface area contributed by atoms with Crippen molar-refractivity contribution in [3.05, 3.63) is 65.2 Å². The summed E-state index contributed by atoms with van der Waals surface area (Å²) in [7, 11) is -2.26. The molecule has 10 nitrogen and oxygen atoms in total. The number of carbonyl (C=O) groups is 1. The van der Waals surface area contributed by atoms with E-state index in [1.165, 1.54) is 29.1 Å². The fourth-order valence-electron chi connectivity index (χ4n) is 4.35. The summed E-state index contributed by atoms with van der Waals surface area (Å²) in [5, 5.41) is 33.4. The van der Waals surface area contributed by atoms with Crippen molar-refractivity contribution in [2.45, 2.75) is 51.7 Å². The van der Waals surface area contributed by atoms with E-state index in [9.17, 15) is 27.8 Å². The summed E-state index contributed by atoms with van der Waals surface area (Å²) in [5.74, 6) is -1.40. The number of halogens is 1. The first-order valence-corrected chi connectivity index (χ1v) is 14.1. The van der Waals surface area contributed by atoms with Gasteiger partial charge in [-0.2, -0.15) is 5.10 Å². The highest BCUT2D eigenvalue weighted by Crippen LogP contribution is 2.40. The molecule has 0 fully saturated rings. The third-order valence-electron chi connectivity index (χ3n) is 6.10. The van der Waals surface area contributed by atoms with E-state index in [0.29, 0.717) is 27.9 Å². The maximum Gasteiger partial charge on any atom is 0.305 e. The van der Waals surface area contributed by atoms with Crippen LogP contribution in [0.4, 0.5) is 16.0 Å². The lowest BCUT2D eigenvalue weighted by Gasteiger charge is -2.27. The van der Waals surface area contributed by atoms with E-state index in [4.69, 9.17) is 10.1 Å². The van der Waals surface area contributed by atoms with Crippen LogP contribution in [0.25, 0.3) is 17.2 Å². The van der Waals surface area contributed by atoms with Crippen LogP contribution in [0, 0.1) is 12.7 Å². The van der Waals surface area contributed by atoms with E-state index in [2.05, 4.69) is 5.10 Å². The number of aliphatic carboxylic acids is 1. The van der Waals surface area contributed by atoms with E-state index >= 15 is 0 Å². The van der Waals surface area contributed by atoms with E-state index in [1.807, 2.05) is 13.8 Å². The fourth-order valence-corrected chi connectivity index (χ4v) is 5.36. The predicted molar refractivity (Wildman–Crippen MR) is 147 cm³/mol. The van der Waals surface area contributed by atoms with E-state index in [1.54, 1.807) is 38.2 Å². The van der Waals surface area contributed by atoms with Gasteiger partial charge >= 0.3 is 5.97 Å². The van der Waals surface area contributed by atoms with E-state index < -0.39 is 40.4 Å². The van der Waals surface area contributed by atoms with Gasteiger partial charge in [-0.15, -0.1) is 0 Å². The number of carboxylic acid groups (broad SMARTS) is 1. The quantitative estimate of drug-likeness (QED) is 0.321. The Balaban J connectivity index is 2.29. The first kappa shape index (κ1) is 29.9. The van der Waals surface area contributed by atoms with Crippen LogP contribution in [-0.2, 0) is 21.9 Å². The standard InChI is InChI=1S/C27H33FN4O6S/c1-16(2)26-22(11-10-20(33)14-21(34)15-24(35)36)25(18-6-8-19(28)9-7-18)17(3)27(30-26)32(39(5,37)38)23-12-13-29-31(23)4/h6-13,16,20-21,33-34H,14-15H2,1-5H3,(H,35,36)/b11-10+/t20-,21-/m1/s1. The van der Waals surface area contributed by atoms with Gasteiger partial charge in [-0.05, 0) is 36.1 Å². The van der Waals surface area contributed by atoms with E-state index in [0.717, 1.165) is 10.6 Å². The smallest absolute Gasteiger partial charge is 0.305 e. The molecule has 39 heavy (non-hydrogen) atoms. The molecule has 0 bridgehead atoms. The molecule has 12 heteroatoms. The number of hydrogen-bond acceptors (Lipinski definition) is 7. The van der Waals surface area contributed by atoms with Crippen molar-refractivity contribution in [3.63, 3.8) is 0 Å². The number of hydrogen-bond donors (Lipinski definition) is 3. The van der Waals surface area contributed by atoms with Crippen LogP contribution in [0.15, 0.2) is 42.6 Å². The minimum Gasteiger partial charge on any atom is -0.481 e. The Morgan fingerprint density at radius 3 is 2.33 bits per heavy atom. The normalized spacial score (nSPS) is 13.7. The molecule has 0 aliphatic heterocycles. The second-order valence-corrected chi connectivity index (χ2v) is 11.5. The lowest BCUT2D eigenvalue weighted by molar-refractivity contribution is -0.139. The minimum absolute atomic E-state index is 0.152. The topological polar surface area (TPSA) is 146 Å². The first-order chi connectivity index (χ1) is 18.2. The third kappa shape index (κ3) is 7.08. The van der Waals surface area contributed by atoms with Crippen LogP contribution in [0.2, 0.25) is 0 Å². The molecule has 0 radical (unpaired) electrons. The molecule has 0 aliphatic carbocycles. The number of carboxylic acids is 1. The summed E-state index contributed by atoms with van der Waals surface area (Å²) < 4.78 is 42.5. The molecular weight excluding hydrogens is 527 g/mol. The molecule has 2 heterocycles. The number of pyridine rings is 1. The Labute approximate surface area is 227 Å². The molecule has 2 atom stereocenters. The zero-order chi connectivity index (χ0) is 29.1. The monoisotopic (exact) mass is 560 g/mol. The molecule has 0 aliphatic rings. The van der Waals surface area contributed by atoms with Gasteiger partial charge in [0.2, 0.25) is 10.0 Å². The summed E-state index contributed by atoms with van der Waals surface area (Å²) >= 11 is 0. The van der Waals surface area contributed by atoms with Gasteiger partial charge in [0.15, 0.2) is 5.82 Å². The number of anilines is 2. The number of rotatable bonds is 11. The number of aliphatic hydroxyl groups is 2. The molecule has 1 aromatic carbocycles. The average molecular weight is 561 g/mol. The van der Waals surface area contributed by atoms with Gasteiger partial charge in [0, 0.05) is 30.7 Å². The maximum absolute atomic E-state index is 13.8. The van der Waals surface area contributed by atoms with Crippen molar-refractivity contribution < 1.29 is 32.9 Å². The molecule has 0 saturated carbocycles. The molecule has 0 spiro atoms. The Morgan fingerprint density at radius 1 is 1.18 bits per heavy atom. The first-order valence-electron chi connectivity index (χ1n) is 12.3. The van der Waals surface area contributed by atoms with Crippen molar-refractivity contribution in [2.24, 2.45) is 7.05 Å². The molecule has 0 amide bonds. The van der Waals surface area contributed by atoms with Crippen LogP contribution >= 0.6 is 0 Å². The van der Waals surface area contributed by atoms with Crippen LogP contribution < -0.4 is 4.31 Å². The second-order valence-electron chi connectivity index (χ2n) is 9.65. The summed E-state index contributed by atoms with van der Waals surface area (Å²) in [6.07, 6.45) is 2.48. The highest BCUT2D eigenvalue weighted by atomic mass is 32.2. The van der Waals surface area contributed by atoms with Crippen LogP contribution in [-0.4, -0.2) is 62.9 Å². The van der Waals surface area contributed by atoms with Gasteiger partial charge in [0.25, 0.3) is 0 Å². The molecule has 3 N–H and O–H groups in total. The number of aliphatic hydroxyl groups excluding tert-OH is 2. The Bertz CT molecular complexity index is 1470. The highest BCUT2D eigenvalue weighted by Gasteiger charge is 2.29. The maximum atomic E-state index is 13.8. The van der Waals surface area contributed by atoms with Gasteiger partial charge in [-0.25, -0.2) is 22.1 Å². The van der Waals surface area contributed by atoms with Crippen molar-refractivity contribution >= 4 is 33.7 Å². The van der Waals surface area contributed by atoms with E-state index in [-0.39, 0.29) is 24.0 Å². The summed E-state index contributed by atoms with van der Waals surface area (Å²) in [6, 6.07) is 7.30. The van der Waals surface area contributed by atoms with Gasteiger partial charge in [0.1, 0.15) is 11.6 Å². The average Bonchev–Trinajstić information content (AvgIpc) is 3.23. The number of benzene rings is 1. The Morgan fingerprint density at radius 2 is 1.82 bits per heavy atom. The zero-order valence-electron chi connectivity index (χ0n) is 22.4. The number of sulfonamides is 1. The lowest BCUT2D eigenvalue weighted by Crippen LogP contribution is -2.29. The van der Waals surface area contributed by atoms with Crippen molar-refractivity contribution in [2.75, 3.05) is 10.6 Å². The number of aromatic nitrogens is 3. The van der Waals surface area contributed by atoms with Crippen LogP contribution in [0.3, 0.4) is 0 Å². The summed E-state index contributed by atoms with van der Waals surface area (Å²) in [5.41, 5.74) is 2.74. The largest absolute Gasteiger partial charge is 0.481 e. The SMILES string of the molecule is Cc1c(N(c2ccnn2C)S(C)(=O)=O)nc(C(C)C)c(/C=C/[C@@H](O)C[C@@H](O)CC(=O)O)c1-c1ccc(F)cc1. The molecular formula is C27H33FN4O6S. The van der Waals surface area contributed by atoms with Crippen LogP contribution in [0.5, 0.6) is 0 Å². The molecule has 3 aromatic rings. The molecule has 0 saturated heterocycles. The van der Waals surface area contributed by atoms with Crippen molar-refractivity contribution in [1.29, 1.82) is 0 Å². The fraction of sp³-hybridized carbons (Fsp3) is 0.370. The van der Waals surface area contributed by atoms with Gasteiger partial charge in [-0.3, -0.25) is 9.48 Å². The summed E-state index contributed by atoms with van der Waals surface area (Å²) in [4.78, 5) is 15.7. The molecule has 210 valence electrons. The lowest BCUT2D eigenvalue weighted by atomic mass is 9.90. The summed E-state index contributed by atoms with van der Waals surface area (Å²) in [6.45, 7) is 5.48. The van der Waals surface area contributed by atoms with Gasteiger partial charge in [-0.1, -0.05) is 38.1 Å². The molecule has 2 aromatic heterocycles.